The van der Waals surface area contributed by atoms with Crippen molar-refractivity contribution in [2.45, 2.75) is 32.2 Å². The molecule has 2 saturated heterocycles. The van der Waals surface area contributed by atoms with Gasteiger partial charge in [-0.2, -0.15) is 0 Å². The summed E-state index contributed by atoms with van der Waals surface area (Å²) in [4.78, 5) is 18.2. The fourth-order valence-corrected chi connectivity index (χ4v) is 3.25. The Hall–Kier alpha value is -0.780. The minimum Gasteiger partial charge on any atom is -0.343 e. The molecular formula is C14H24Cl2N4O. The van der Waals surface area contributed by atoms with Crippen LogP contribution in [0.4, 0.5) is 0 Å². The number of nitrogens with zero attached hydrogens (tertiary/aromatic N) is 3. The van der Waals surface area contributed by atoms with Gasteiger partial charge in [-0.15, -0.1) is 24.8 Å². The van der Waals surface area contributed by atoms with E-state index < -0.39 is 0 Å². The van der Waals surface area contributed by atoms with Crippen LogP contribution in [-0.2, 0) is 11.3 Å². The van der Waals surface area contributed by atoms with Gasteiger partial charge >= 0.3 is 0 Å². The highest BCUT2D eigenvalue weighted by Crippen LogP contribution is 2.36. The zero-order chi connectivity index (χ0) is 13.1. The van der Waals surface area contributed by atoms with Crippen LogP contribution in [0.5, 0.6) is 0 Å². The second-order valence-electron chi connectivity index (χ2n) is 5.86. The summed E-state index contributed by atoms with van der Waals surface area (Å²) in [5, 5.41) is 3.46. The van der Waals surface area contributed by atoms with Gasteiger partial charge in [-0.25, -0.2) is 4.98 Å². The number of hydrogen-bond donors (Lipinski definition) is 1. The second kappa shape index (κ2) is 8.01. The molecule has 1 aromatic heterocycles. The summed E-state index contributed by atoms with van der Waals surface area (Å²) >= 11 is 0. The summed E-state index contributed by atoms with van der Waals surface area (Å²) < 4.78 is 1.96. The number of aromatic nitrogens is 2. The van der Waals surface area contributed by atoms with Gasteiger partial charge in [0, 0.05) is 45.0 Å². The number of piperidine rings is 1. The third-order valence-electron chi connectivity index (χ3n) is 4.65. The highest BCUT2D eigenvalue weighted by Gasteiger charge is 2.37. The molecule has 21 heavy (non-hydrogen) atoms. The molecule has 2 fully saturated rings. The molecular weight excluding hydrogens is 311 g/mol. The van der Waals surface area contributed by atoms with E-state index in [-0.39, 0.29) is 30.7 Å². The summed E-state index contributed by atoms with van der Waals surface area (Å²) in [6.45, 7) is 4.90. The number of carbonyl (C=O) groups is 1. The van der Waals surface area contributed by atoms with Gasteiger partial charge < -0.3 is 14.8 Å². The van der Waals surface area contributed by atoms with E-state index in [2.05, 4.69) is 10.3 Å². The number of likely N-dealkylation sites (tertiary alicyclic amines) is 1. The van der Waals surface area contributed by atoms with E-state index >= 15 is 0 Å². The van der Waals surface area contributed by atoms with Crippen LogP contribution >= 0.6 is 24.8 Å². The van der Waals surface area contributed by atoms with Crippen molar-refractivity contribution in [2.75, 3.05) is 26.2 Å². The molecule has 1 spiro atoms. The Morgan fingerprint density at radius 3 is 2.57 bits per heavy atom. The van der Waals surface area contributed by atoms with Crippen molar-refractivity contribution in [1.29, 1.82) is 0 Å². The summed E-state index contributed by atoms with van der Waals surface area (Å²) in [6.07, 6.45) is 9.62. The molecule has 0 aromatic carbocycles. The van der Waals surface area contributed by atoms with Crippen molar-refractivity contribution in [3.63, 3.8) is 0 Å². The molecule has 2 aliphatic rings. The maximum atomic E-state index is 12.2. The van der Waals surface area contributed by atoms with E-state index in [1.807, 2.05) is 15.7 Å². The standard InChI is InChI=1S/C14H22N4O.2ClH/c19-13(1-7-17-10-6-16-12-17)18-8-3-14(4-9-18)2-5-15-11-14;;/h6,10,12,15H,1-5,7-9,11H2;2*1H. The van der Waals surface area contributed by atoms with Crippen molar-refractivity contribution < 1.29 is 4.79 Å². The molecule has 1 aromatic rings. The number of rotatable bonds is 3. The quantitative estimate of drug-likeness (QED) is 0.915. The second-order valence-corrected chi connectivity index (χ2v) is 5.86. The van der Waals surface area contributed by atoms with Crippen LogP contribution < -0.4 is 5.32 Å². The number of carbonyl (C=O) groups excluding carboxylic acids is 1. The van der Waals surface area contributed by atoms with E-state index in [4.69, 9.17) is 0 Å². The Kier molecular flexibility index (Phi) is 6.97. The van der Waals surface area contributed by atoms with Crippen LogP contribution in [0.1, 0.15) is 25.7 Å². The van der Waals surface area contributed by atoms with Gasteiger partial charge in [-0.3, -0.25) is 4.79 Å². The summed E-state index contributed by atoms with van der Waals surface area (Å²) in [7, 11) is 0. The summed E-state index contributed by atoms with van der Waals surface area (Å²) in [5.41, 5.74) is 0.487. The van der Waals surface area contributed by atoms with E-state index in [0.29, 0.717) is 11.8 Å². The van der Waals surface area contributed by atoms with Crippen molar-refractivity contribution in [3.05, 3.63) is 18.7 Å². The van der Waals surface area contributed by atoms with Gasteiger partial charge in [0.25, 0.3) is 0 Å². The zero-order valence-corrected chi connectivity index (χ0v) is 13.8. The number of imidazole rings is 1. The molecule has 5 nitrogen and oxygen atoms in total. The largest absolute Gasteiger partial charge is 0.343 e. The predicted octanol–water partition coefficient (Wildman–Crippen LogP) is 1.72. The molecule has 7 heteroatoms. The summed E-state index contributed by atoms with van der Waals surface area (Å²) in [5.74, 6) is 0.287. The first-order valence-corrected chi connectivity index (χ1v) is 7.22. The van der Waals surface area contributed by atoms with Crippen molar-refractivity contribution in [1.82, 2.24) is 19.8 Å². The fourth-order valence-electron chi connectivity index (χ4n) is 3.25. The van der Waals surface area contributed by atoms with Crippen molar-refractivity contribution >= 4 is 30.7 Å². The molecule has 0 aliphatic carbocycles. The maximum absolute atomic E-state index is 12.2. The predicted molar refractivity (Wildman–Crippen MR) is 87.1 cm³/mol. The Bertz CT molecular complexity index is 422. The smallest absolute Gasteiger partial charge is 0.224 e. The molecule has 3 rings (SSSR count). The van der Waals surface area contributed by atoms with Gasteiger partial charge in [-0.1, -0.05) is 0 Å². The Morgan fingerprint density at radius 2 is 2.00 bits per heavy atom. The normalized spacial score (nSPS) is 19.9. The molecule has 120 valence electrons. The van der Waals surface area contributed by atoms with Crippen LogP contribution in [0.15, 0.2) is 18.7 Å². The third kappa shape index (κ3) is 4.34. The number of aryl methyl sites for hydroxylation is 1. The lowest BCUT2D eigenvalue weighted by Gasteiger charge is -2.39. The maximum Gasteiger partial charge on any atom is 0.224 e. The first-order valence-electron chi connectivity index (χ1n) is 7.22. The molecule has 0 radical (unpaired) electrons. The molecule has 0 atom stereocenters. The van der Waals surface area contributed by atoms with E-state index in [1.165, 1.54) is 6.42 Å². The molecule has 3 heterocycles. The third-order valence-corrected chi connectivity index (χ3v) is 4.65. The van der Waals surface area contributed by atoms with Gasteiger partial charge in [0.1, 0.15) is 0 Å². The van der Waals surface area contributed by atoms with Crippen LogP contribution in [0.2, 0.25) is 0 Å². The Labute approximate surface area is 138 Å². The van der Waals surface area contributed by atoms with Crippen LogP contribution in [-0.4, -0.2) is 46.5 Å². The number of nitrogens with one attached hydrogen (secondary N) is 1. The number of halogens is 2. The van der Waals surface area contributed by atoms with E-state index in [9.17, 15) is 4.79 Å². The minimum atomic E-state index is 0. The van der Waals surface area contributed by atoms with E-state index in [1.54, 1.807) is 12.5 Å². The SMILES string of the molecule is Cl.Cl.O=C(CCn1ccnc1)N1CCC2(CCNC2)CC1. The average molecular weight is 335 g/mol. The van der Waals surface area contributed by atoms with Gasteiger partial charge in [0.2, 0.25) is 5.91 Å². The van der Waals surface area contributed by atoms with Crippen LogP contribution in [0, 0.1) is 5.41 Å². The molecule has 1 N–H and O–H groups in total. The Morgan fingerprint density at radius 1 is 1.24 bits per heavy atom. The highest BCUT2D eigenvalue weighted by atomic mass is 35.5. The lowest BCUT2D eigenvalue weighted by atomic mass is 9.78. The number of amides is 1. The lowest BCUT2D eigenvalue weighted by molar-refractivity contribution is -0.133. The topological polar surface area (TPSA) is 50.2 Å². The lowest BCUT2D eigenvalue weighted by Crippen LogP contribution is -2.44. The fraction of sp³-hybridized carbons (Fsp3) is 0.714. The zero-order valence-electron chi connectivity index (χ0n) is 12.2. The van der Waals surface area contributed by atoms with Gasteiger partial charge in [0.05, 0.1) is 6.33 Å². The van der Waals surface area contributed by atoms with E-state index in [0.717, 1.165) is 45.6 Å². The average Bonchev–Trinajstić information content (AvgIpc) is 3.09. The Balaban J connectivity index is 0.00000110. The number of hydrogen-bond acceptors (Lipinski definition) is 3. The first-order chi connectivity index (χ1) is 9.27. The molecule has 2 aliphatic heterocycles. The van der Waals surface area contributed by atoms with Crippen LogP contribution in [0.3, 0.4) is 0 Å². The molecule has 0 saturated carbocycles. The van der Waals surface area contributed by atoms with Crippen molar-refractivity contribution in [2.24, 2.45) is 5.41 Å². The molecule has 0 unspecified atom stereocenters. The minimum absolute atomic E-state index is 0. The molecule has 0 bridgehead atoms. The monoisotopic (exact) mass is 334 g/mol. The highest BCUT2D eigenvalue weighted by molar-refractivity contribution is 5.85. The van der Waals surface area contributed by atoms with Gasteiger partial charge in [0.15, 0.2) is 0 Å². The van der Waals surface area contributed by atoms with Crippen LogP contribution in [0.25, 0.3) is 0 Å². The van der Waals surface area contributed by atoms with Crippen molar-refractivity contribution in [3.8, 4) is 0 Å². The summed E-state index contributed by atoms with van der Waals surface area (Å²) in [6, 6.07) is 0. The molecule has 1 amide bonds. The first kappa shape index (κ1) is 18.3. The van der Waals surface area contributed by atoms with Gasteiger partial charge in [-0.05, 0) is 31.2 Å².